The SMILES string of the molecule is CCOc1cc(NC(=O)c2ccccc2Cl)c(OCC)cc1NC(=O)c1ccco1. The van der Waals surface area contributed by atoms with Crippen molar-refractivity contribution in [2.24, 2.45) is 0 Å². The molecule has 0 unspecified atom stereocenters. The molecule has 0 atom stereocenters. The molecule has 0 saturated heterocycles. The zero-order chi connectivity index (χ0) is 21.5. The first kappa shape index (κ1) is 21.3. The molecule has 0 spiro atoms. The van der Waals surface area contributed by atoms with Crippen molar-refractivity contribution in [3.63, 3.8) is 0 Å². The number of carbonyl (C=O) groups is 2. The van der Waals surface area contributed by atoms with Crippen LogP contribution in [0.1, 0.15) is 34.8 Å². The van der Waals surface area contributed by atoms with E-state index in [1.807, 2.05) is 13.8 Å². The van der Waals surface area contributed by atoms with Crippen molar-refractivity contribution in [3.8, 4) is 11.5 Å². The minimum Gasteiger partial charge on any atom is -0.492 e. The van der Waals surface area contributed by atoms with Gasteiger partial charge in [-0.15, -0.1) is 0 Å². The van der Waals surface area contributed by atoms with E-state index in [0.717, 1.165) is 0 Å². The predicted molar refractivity (Wildman–Crippen MR) is 115 cm³/mol. The van der Waals surface area contributed by atoms with Crippen LogP contribution in [0, 0.1) is 0 Å². The summed E-state index contributed by atoms with van der Waals surface area (Å²) in [7, 11) is 0. The number of amides is 2. The van der Waals surface area contributed by atoms with E-state index in [1.54, 1.807) is 48.5 Å². The van der Waals surface area contributed by atoms with Crippen LogP contribution >= 0.6 is 11.6 Å². The summed E-state index contributed by atoms with van der Waals surface area (Å²) in [6, 6.07) is 13.1. The highest BCUT2D eigenvalue weighted by Crippen LogP contribution is 2.37. The van der Waals surface area contributed by atoms with Crippen LogP contribution in [0.2, 0.25) is 5.02 Å². The van der Waals surface area contributed by atoms with Gasteiger partial charge < -0.3 is 24.5 Å². The maximum atomic E-state index is 12.7. The van der Waals surface area contributed by atoms with Gasteiger partial charge in [0.25, 0.3) is 11.8 Å². The van der Waals surface area contributed by atoms with Crippen molar-refractivity contribution in [1.82, 2.24) is 0 Å². The van der Waals surface area contributed by atoms with Gasteiger partial charge in [0, 0.05) is 12.1 Å². The van der Waals surface area contributed by atoms with E-state index in [-0.39, 0.29) is 5.76 Å². The summed E-state index contributed by atoms with van der Waals surface area (Å²) in [5.74, 6) is 0.0746. The molecule has 2 amide bonds. The third-order valence-corrected chi connectivity index (χ3v) is 4.37. The second-order valence-corrected chi connectivity index (χ2v) is 6.48. The average molecular weight is 429 g/mol. The number of hydrogen-bond donors (Lipinski definition) is 2. The fourth-order valence-electron chi connectivity index (χ4n) is 2.73. The van der Waals surface area contributed by atoms with Gasteiger partial charge in [0.05, 0.1) is 41.4 Å². The number of rotatable bonds is 8. The smallest absolute Gasteiger partial charge is 0.291 e. The lowest BCUT2D eigenvalue weighted by molar-refractivity contribution is 0.0993. The Balaban J connectivity index is 1.94. The highest BCUT2D eigenvalue weighted by molar-refractivity contribution is 6.34. The summed E-state index contributed by atoms with van der Waals surface area (Å²) in [6.45, 7) is 4.35. The molecule has 156 valence electrons. The lowest BCUT2D eigenvalue weighted by atomic mass is 10.2. The molecular formula is C22H21ClN2O5. The third kappa shape index (κ3) is 4.93. The number of anilines is 2. The molecule has 0 bridgehead atoms. The Morgan fingerprint density at radius 1 is 0.900 bits per heavy atom. The molecule has 3 aromatic rings. The number of ether oxygens (including phenoxy) is 2. The number of hydrogen-bond acceptors (Lipinski definition) is 5. The number of halogens is 1. The minimum atomic E-state index is -0.434. The Hall–Kier alpha value is -3.45. The first-order chi connectivity index (χ1) is 14.5. The summed E-state index contributed by atoms with van der Waals surface area (Å²) < 4.78 is 16.5. The lowest BCUT2D eigenvalue weighted by Crippen LogP contribution is -2.15. The van der Waals surface area contributed by atoms with Crippen LogP contribution in [0.5, 0.6) is 11.5 Å². The van der Waals surface area contributed by atoms with Gasteiger partial charge in [-0.05, 0) is 38.1 Å². The van der Waals surface area contributed by atoms with Gasteiger partial charge in [-0.2, -0.15) is 0 Å². The first-order valence-corrected chi connectivity index (χ1v) is 9.75. The molecule has 0 aliphatic carbocycles. The Morgan fingerprint density at radius 3 is 2.03 bits per heavy atom. The van der Waals surface area contributed by atoms with E-state index < -0.39 is 11.8 Å². The van der Waals surface area contributed by atoms with Gasteiger partial charge in [0.15, 0.2) is 5.76 Å². The van der Waals surface area contributed by atoms with Crippen LogP contribution in [-0.4, -0.2) is 25.0 Å². The molecule has 2 N–H and O–H groups in total. The molecule has 0 fully saturated rings. The molecule has 7 nitrogen and oxygen atoms in total. The number of furan rings is 1. The maximum absolute atomic E-state index is 12.7. The topological polar surface area (TPSA) is 89.8 Å². The van der Waals surface area contributed by atoms with Gasteiger partial charge in [0.2, 0.25) is 0 Å². The maximum Gasteiger partial charge on any atom is 0.291 e. The molecule has 0 aliphatic rings. The summed E-state index contributed by atoms with van der Waals surface area (Å²) in [5.41, 5.74) is 1.11. The van der Waals surface area contributed by atoms with Crippen LogP contribution in [0.3, 0.4) is 0 Å². The molecule has 2 aromatic carbocycles. The van der Waals surface area contributed by atoms with Gasteiger partial charge >= 0.3 is 0 Å². The molecule has 0 aliphatic heterocycles. The predicted octanol–water partition coefficient (Wildman–Crippen LogP) is 5.24. The average Bonchev–Trinajstić information content (AvgIpc) is 3.26. The summed E-state index contributed by atoms with van der Waals surface area (Å²) in [4.78, 5) is 25.1. The number of benzene rings is 2. The Labute approximate surface area is 178 Å². The van der Waals surface area contributed by atoms with E-state index in [4.69, 9.17) is 25.5 Å². The first-order valence-electron chi connectivity index (χ1n) is 9.37. The quantitative estimate of drug-likeness (QED) is 0.512. The second kappa shape index (κ2) is 9.84. The van der Waals surface area contributed by atoms with Crippen molar-refractivity contribution >= 4 is 34.8 Å². The molecule has 8 heteroatoms. The highest BCUT2D eigenvalue weighted by atomic mass is 35.5. The summed E-state index contributed by atoms with van der Waals surface area (Å²) in [5, 5.41) is 5.88. The monoisotopic (exact) mass is 428 g/mol. The van der Waals surface area contributed by atoms with Crippen molar-refractivity contribution in [1.29, 1.82) is 0 Å². The fraction of sp³-hybridized carbons (Fsp3) is 0.182. The van der Waals surface area contributed by atoms with Crippen molar-refractivity contribution in [2.45, 2.75) is 13.8 Å². The van der Waals surface area contributed by atoms with Crippen LogP contribution < -0.4 is 20.1 Å². The largest absolute Gasteiger partial charge is 0.492 e. The van der Waals surface area contributed by atoms with E-state index in [2.05, 4.69) is 10.6 Å². The van der Waals surface area contributed by atoms with Crippen LogP contribution in [0.25, 0.3) is 0 Å². The van der Waals surface area contributed by atoms with Crippen LogP contribution in [0.4, 0.5) is 11.4 Å². The van der Waals surface area contributed by atoms with E-state index in [9.17, 15) is 9.59 Å². The molecule has 3 rings (SSSR count). The molecule has 0 saturated carbocycles. The van der Waals surface area contributed by atoms with Crippen molar-refractivity contribution in [2.75, 3.05) is 23.8 Å². The normalized spacial score (nSPS) is 10.4. The van der Waals surface area contributed by atoms with Gasteiger partial charge in [0.1, 0.15) is 11.5 Å². The molecule has 1 heterocycles. The zero-order valence-electron chi connectivity index (χ0n) is 16.5. The zero-order valence-corrected chi connectivity index (χ0v) is 17.3. The summed E-state index contributed by atoms with van der Waals surface area (Å²) >= 11 is 6.13. The number of nitrogens with one attached hydrogen (secondary N) is 2. The van der Waals surface area contributed by atoms with Crippen molar-refractivity contribution in [3.05, 3.63) is 71.1 Å². The molecular weight excluding hydrogens is 408 g/mol. The van der Waals surface area contributed by atoms with Gasteiger partial charge in [-0.1, -0.05) is 23.7 Å². The minimum absolute atomic E-state index is 0.159. The Kier molecular flexibility index (Phi) is 6.98. The fourth-order valence-corrected chi connectivity index (χ4v) is 2.95. The highest BCUT2D eigenvalue weighted by Gasteiger charge is 2.19. The lowest BCUT2D eigenvalue weighted by Gasteiger charge is -2.17. The van der Waals surface area contributed by atoms with Crippen LogP contribution in [0.15, 0.2) is 59.2 Å². The third-order valence-electron chi connectivity index (χ3n) is 4.04. The van der Waals surface area contributed by atoms with E-state index in [1.165, 1.54) is 6.26 Å². The van der Waals surface area contributed by atoms with Crippen molar-refractivity contribution < 1.29 is 23.5 Å². The molecule has 0 radical (unpaired) electrons. The van der Waals surface area contributed by atoms with Crippen LogP contribution in [-0.2, 0) is 0 Å². The van der Waals surface area contributed by atoms with Gasteiger partial charge in [-0.3, -0.25) is 9.59 Å². The van der Waals surface area contributed by atoms with Gasteiger partial charge in [-0.25, -0.2) is 0 Å². The Morgan fingerprint density at radius 2 is 1.50 bits per heavy atom. The molecule has 30 heavy (non-hydrogen) atoms. The Bertz CT molecular complexity index is 1030. The standard InChI is InChI=1S/C22H21ClN2O5/c1-3-28-19-13-17(25-22(27)18-10-7-11-30-18)20(29-4-2)12-16(19)24-21(26)14-8-5-6-9-15(14)23/h5-13H,3-4H2,1-2H3,(H,24,26)(H,25,27). The number of carbonyl (C=O) groups excluding carboxylic acids is 2. The summed E-state index contributed by atoms with van der Waals surface area (Å²) in [6.07, 6.45) is 1.41. The second-order valence-electron chi connectivity index (χ2n) is 6.08. The van der Waals surface area contributed by atoms with E-state index >= 15 is 0 Å². The molecule has 1 aromatic heterocycles. The van der Waals surface area contributed by atoms with E-state index in [0.29, 0.717) is 46.7 Å².